The van der Waals surface area contributed by atoms with E-state index in [0.29, 0.717) is 5.41 Å². The Morgan fingerprint density at radius 3 is 2.20 bits per heavy atom. The molecule has 1 saturated carbocycles. The first-order valence-electron chi connectivity index (χ1n) is 6.15. The maximum absolute atomic E-state index is 5.38. The summed E-state index contributed by atoms with van der Waals surface area (Å²) >= 11 is 0. The summed E-state index contributed by atoms with van der Waals surface area (Å²) in [5.74, 6) is 1.70. The molecular weight excluding hydrogens is 188 g/mol. The van der Waals surface area contributed by atoms with Gasteiger partial charge in [-0.15, -0.1) is 0 Å². The fourth-order valence-corrected chi connectivity index (χ4v) is 3.34. The van der Waals surface area contributed by atoms with Gasteiger partial charge in [-0.05, 0) is 24.7 Å². The number of methoxy groups -OCH3 is 2. The maximum Gasteiger partial charge on any atom is 0.0540 e. The minimum Gasteiger partial charge on any atom is -0.384 e. The minimum absolute atomic E-state index is 0.294. The standard InChI is InChI=1S/C13H26O2/c1-5-6-12-8-13(9-14-3,10-15-4)7-11(12)2/h11-12H,5-10H2,1-4H3/t11-,12-/m1/s1. The summed E-state index contributed by atoms with van der Waals surface area (Å²) in [5.41, 5.74) is 0.294. The zero-order valence-corrected chi connectivity index (χ0v) is 10.7. The van der Waals surface area contributed by atoms with Crippen molar-refractivity contribution < 1.29 is 9.47 Å². The summed E-state index contributed by atoms with van der Waals surface area (Å²) in [6.45, 7) is 6.36. The highest BCUT2D eigenvalue weighted by Gasteiger charge is 2.42. The van der Waals surface area contributed by atoms with Crippen LogP contribution in [0.25, 0.3) is 0 Å². The van der Waals surface area contributed by atoms with Crippen LogP contribution in [0.1, 0.15) is 39.5 Å². The van der Waals surface area contributed by atoms with Crippen molar-refractivity contribution in [2.24, 2.45) is 17.3 Å². The Bertz CT molecular complexity index is 173. The molecular formula is C13H26O2. The SMILES string of the molecule is CCC[C@@H]1CC(COC)(COC)C[C@H]1C. The van der Waals surface area contributed by atoms with Crippen LogP contribution in [0.5, 0.6) is 0 Å². The molecule has 0 saturated heterocycles. The van der Waals surface area contributed by atoms with Gasteiger partial charge in [-0.1, -0.05) is 26.7 Å². The van der Waals surface area contributed by atoms with Crippen LogP contribution in [0.3, 0.4) is 0 Å². The Hall–Kier alpha value is -0.0800. The van der Waals surface area contributed by atoms with E-state index in [0.717, 1.165) is 25.0 Å². The summed E-state index contributed by atoms with van der Waals surface area (Å²) in [5, 5.41) is 0. The van der Waals surface area contributed by atoms with E-state index < -0.39 is 0 Å². The lowest BCUT2D eigenvalue weighted by molar-refractivity contribution is 0.0105. The van der Waals surface area contributed by atoms with Crippen LogP contribution in [0.15, 0.2) is 0 Å². The number of rotatable bonds is 6. The molecule has 1 aliphatic rings. The summed E-state index contributed by atoms with van der Waals surface area (Å²) < 4.78 is 10.8. The predicted octanol–water partition coefficient (Wildman–Crippen LogP) is 3.11. The highest BCUT2D eigenvalue weighted by atomic mass is 16.5. The van der Waals surface area contributed by atoms with Crippen molar-refractivity contribution >= 4 is 0 Å². The molecule has 0 radical (unpaired) electrons. The predicted molar refractivity (Wildman–Crippen MR) is 63.0 cm³/mol. The topological polar surface area (TPSA) is 18.5 Å². The highest BCUT2D eigenvalue weighted by Crippen LogP contribution is 2.47. The summed E-state index contributed by atoms with van der Waals surface area (Å²) in [7, 11) is 3.60. The Morgan fingerprint density at radius 1 is 1.13 bits per heavy atom. The Morgan fingerprint density at radius 2 is 1.73 bits per heavy atom. The first kappa shape index (κ1) is 13.0. The van der Waals surface area contributed by atoms with Gasteiger partial charge < -0.3 is 9.47 Å². The van der Waals surface area contributed by atoms with Crippen LogP contribution in [-0.4, -0.2) is 27.4 Å². The lowest BCUT2D eigenvalue weighted by Crippen LogP contribution is -2.29. The van der Waals surface area contributed by atoms with Crippen molar-refractivity contribution in [3.05, 3.63) is 0 Å². The van der Waals surface area contributed by atoms with E-state index in [-0.39, 0.29) is 0 Å². The van der Waals surface area contributed by atoms with Gasteiger partial charge in [0.05, 0.1) is 13.2 Å². The van der Waals surface area contributed by atoms with E-state index in [1.807, 2.05) is 0 Å². The third kappa shape index (κ3) is 3.18. The molecule has 0 bridgehead atoms. The van der Waals surface area contributed by atoms with Crippen LogP contribution < -0.4 is 0 Å². The Kier molecular flexibility index (Phi) is 5.07. The molecule has 1 rings (SSSR count). The highest BCUT2D eigenvalue weighted by molar-refractivity contribution is 4.92. The van der Waals surface area contributed by atoms with Crippen LogP contribution in [0.2, 0.25) is 0 Å². The third-order valence-electron chi connectivity index (χ3n) is 3.82. The van der Waals surface area contributed by atoms with E-state index in [4.69, 9.17) is 9.47 Å². The number of hydrogen-bond acceptors (Lipinski definition) is 2. The molecule has 0 N–H and O–H groups in total. The summed E-state index contributed by atoms with van der Waals surface area (Å²) in [4.78, 5) is 0. The van der Waals surface area contributed by atoms with E-state index in [1.54, 1.807) is 14.2 Å². The molecule has 2 atom stereocenters. The second kappa shape index (κ2) is 5.86. The lowest BCUT2D eigenvalue weighted by atomic mass is 9.86. The van der Waals surface area contributed by atoms with Crippen molar-refractivity contribution in [2.45, 2.75) is 39.5 Å². The van der Waals surface area contributed by atoms with Gasteiger partial charge in [0.2, 0.25) is 0 Å². The molecule has 0 spiro atoms. The monoisotopic (exact) mass is 214 g/mol. The quantitative estimate of drug-likeness (QED) is 0.676. The van der Waals surface area contributed by atoms with Gasteiger partial charge in [0.1, 0.15) is 0 Å². The molecule has 0 unspecified atom stereocenters. The third-order valence-corrected chi connectivity index (χ3v) is 3.82. The fourth-order valence-electron chi connectivity index (χ4n) is 3.34. The van der Waals surface area contributed by atoms with Gasteiger partial charge in [0.15, 0.2) is 0 Å². The molecule has 2 nitrogen and oxygen atoms in total. The normalized spacial score (nSPS) is 29.6. The maximum atomic E-state index is 5.38. The van der Waals surface area contributed by atoms with Crippen LogP contribution in [-0.2, 0) is 9.47 Å². The van der Waals surface area contributed by atoms with Crippen LogP contribution in [0.4, 0.5) is 0 Å². The van der Waals surface area contributed by atoms with E-state index in [2.05, 4.69) is 13.8 Å². The molecule has 2 heteroatoms. The van der Waals surface area contributed by atoms with Crippen molar-refractivity contribution in [3.8, 4) is 0 Å². The van der Waals surface area contributed by atoms with Crippen molar-refractivity contribution in [3.63, 3.8) is 0 Å². The van der Waals surface area contributed by atoms with Crippen LogP contribution >= 0.6 is 0 Å². The molecule has 0 amide bonds. The van der Waals surface area contributed by atoms with Crippen molar-refractivity contribution in [1.82, 2.24) is 0 Å². The minimum atomic E-state index is 0.294. The van der Waals surface area contributed by atoms with Crippen molar-refractivity contribution in [2.75, 3.05) is 27.4 Å². The second-order valence-corrected chi connectivity index (χ2v) is 5.30. The summed E-state index contributed by atoms with van der Waals surface area (Å²) in [6.07, 6.45) is 5.20. The van der Waals surface area contributed by atoms with Crippen molar-refractivity contribution in [1.29, 1.82) is 0 Å². The van der Waals surface area contributed by atoms with Gasteiger partial charge in [-0.3, -0.25) is 0 Å². The molecule has 0 aromatic rings. The van der Waals surface area contributed by atoms with E-state index >= 15 is 0 Å². The smallest absolute Gasteiger partial charge is 0.0540 e. The molecule has 1 fully saturated rings. The first-order chi connectivity index (χ1) is 7.17. The number of ether oxygens (including phenoxy) is 2. The average Bonchev–Trinajstić information content (AvgIpc) is 2.45. The van der Waals surface area contributed by atoms with Gasteiger partial charge in [0, 0.05) is 19.6 Å². The van der Waals surface area contributed by atoms with E-state index in [1.165, 1.54) is 25.7 Å². The molecule has 0 heterocycles. The lowest BCUT2D eigenvalue weighted by Gasteiger charge is -2.27. The fraction of sp³-hybridized carbons (Fsp3) is 1.00. The zero-order valence-electron chi connectivity index (χ0n) is 10.7. The molecule has 0 aromatic carbocycles. The first-order valence-corrected chi connectivity index (χ1v) is 6.15. The number of hydrogen-bond donors (Lipinski definition) is 0. The Labute approximate surface area is 94.3 Å². The van der Waals surface area contributed by atoms with Crippen LogP contribution in [0, 0.1) is 17.3 Å². The van der Waals surface area contributed by atoms with Gasteiger partial charge >= 0.3 is 0 Å². The van der Waals surface area contributed by atoms with Gasteiger partial charge in [-0.25, -0.2) is 0 Å². The average molecular weight is 214 g/mol. The summed E-state index contributed by atoms with van der Waals surface area (Å²) in [6, 6.07) is 0. The largest absolute Gasteiger partial charge is 0.384 e. The molecule has 1 aliphatic carbocycles. The molecule has 15 heavy (non-hydrogen) atoms. The molecule has 90 valence electrons. The van der Waals surface area contributed by atoms with Gasteiger partial charge in [-0.2, -0.15) is 0 Å². The Balaban J connectivity index is 2.59. The second-order valence-electron chi connectivity index (χ2n) is 5.30. The zero-order chi connectivity index (χ0) is 11.3. The van der Waals surface area contributed by atoms with Gasteiger partial charge in [0.25, 0.3) is 0 Å². The van der Waals surface area contributed by atoms with E-state index in [9.17, 15) is 0 Å². The molecule has 0 aliphatic heterocycles. The molecule has 0 aromatic heterocycles.